The molecule has 0 radical (unpaired) electrons. The van der Waals surface area contributed by atoms with Gasteiger partial charge in [0.15, 0.2) is 0 Å². The Morgan fingerprint density at radius 2 is 1.70 bits per heavy atom. The van der Waals surface area contributed by atoms with Crippen molar-refractivity contribution < 1.29 is 14.4 Å². The normalized spacial score (nSPS) is 15.5. The Morgan fingerprint density at radius 1 is 1.03 bits per heavy atom. The van der Waals surface area contributed by atoms with Crippen LogP contribution in [0, 0.1) is 13.8 Å². The predicted molar refractivity (Wildman–Crippen MR) is 119 cm³/mol. The highest BCUT2D eigenvalue weighted by Gasteiger charge is 2.27. The molecule has 1 aliphatic heterocycles. The van der Waals surface area contributed by atoms with E-state index in [1.807, 2.05) is 48.4 Å². The Bertz CT molecular complexity index is 885. The van der Waals surface area contributed by atoms with E-state index in [9.17, 15) is 14.4 Å². The molecule has 0 aliphatic carbocycles. The van der Waals surface area contributed by atoms with Crippen molar-refractivity contribution >= 4 is 34.7 Å². The van der Waals surface area contributed by atoms with Crippen LogP contribution < -0.4 is 10.6 Å². The minimum Gasteiger partial charge on any atom is -0.340 e. The van der Waals surface area contributed by atoms with E-state index in [-0.39, 0.29) is 17.7 Å². The van der Waals surface area contributed by atoms with Crippen LogP contribution in [-0.4, -0.2) is 66.3 Å². The molecule has 1 aromatic carbocycles. The van der Waals surface area contributed by atoms with Crippen LogP contribution in [0.25, 0.3) is 0 Å². The average Bonchev–Trinajstić information content (AvgIpc) is 3.26. The lowest BCUT2D eigenvalue weighted by atomic mass is 10.1. The standard InChI is InChI=1S/C22H28N4O3S/c1-15-6-4-7-16(2)20(15)24-19(27)14-25-9-11-26(12-10-25)22(29)17(3)23-21(28)18-8-5-13-30-18/h4-8,13,17H,9-12,14H2,1-3H3,(H,23,28)(H,24,27). The number of hydrogen-bond acceptors (Lipinski definition) is 5. The molecular formula is C22H28N4O3S. The molecule has 7 nitrogen and oxygen atoms in total. The fourth-order valence-corrected chi connectivity index (χ4v) is 4.16. The van der Waals surface area contributed by atoms with Crippen LogP contribution in [0.5, 0.6) is 0 Å². The second-order valence-corrected chi connectivity index (χ2v) is 8.54. The Labute approximate surface area is 181 Å². The third kappa shape index (κ3) is 5.46. The predicted octanol–water partition coefficient (Wildman–Crippen LogP) is 2.27. The number of carbonyl (C=O) groups is 3. The number of thiophene rings is 1. The molecule has 3 amide bonds. The van der Waals surface area contributed by atoms with Gasteiger partial charge in [0, 0.05) is 31.9 Å². The van der Waals surface area contributed by atoms with Crippen LogP contribution in [0.4, 0.5) is 5.69 Å². The van der Waals surface area contributed by atoms with Crippen LogP contribution in [0.3, 0.4) is 0 Å². The molecule has 0 bridgehead atoms. The largest absolute Gasteiger partial charge is 0.340 e. The van der Waals surface area contributed by atoms with E-state index in [1.165, 1.54) is 11.3 Å². The number of anilines is 1. The Hall–Kier alpha value is -2.71. The summed E-state index contributed by atoms with van der Waals surface area (Å²) < 4.78 is 0. The summed E-state index contributed by atoms with van der Waals surface area (Å²) in [6, 6.07) is 8.89. The van der Waals surface area contributed by atoms with E-state index >= 15 is 0 Å². The van der Waals surface area contributed by atoms with Crippen LogP contribution in [0.15, 0.2) is 35.7 Å². The zero-order valence-electron chi connectivity index (χ0n) is 17.6. The number of benzene rings is 1. The van der Waals surface area contributed by atoms with Crippen molar-refractivity contribution in [3.63, 3.8) is 0 Å². The summed E-state index contributed by atoms with van der Waals surface area (Å²) >= 11 is 1.35. The summed E-state index contributed by atoms with van der Waals surface area (Å²) in [5.41, 5.74) is 2.95. The number of nitrogens with zero attached hydrogens (tertiary/aromatic N) is 2. The van der Waals surface area contributed by atoms with Crippen molar-refractivity contribution in [2.75, 3.05) is 38.0 Å². The number of piperazine rings is 1. The van der Waals surface area contributed by atoms with Gasteiger partial charge in [-0.05, 0) is 43.3 Å². The van der Waals surface area contributed by atoms with Gasteiger partial charge in [0.25, 0.3) is 5.91 Å². The minimum atomic E-state index is -0.585. The molecule has 1 aromatic heterocycles. The maximum atomic E-state index is 12.7. The first-order chi connectivity index (χ1) is 14.3. The zero-order valence-corrected chi connectivity index (χ0v) is 18.4. The maximum absolute atomic E-state index is 12.7. The molecule has 1 aliphatic rings. The summed E-state index contributed by atoms with van der Waals surface area (Å²) in [6.45, 7) is 8.27. The smallest absolute Gasteiger partial charge is 0.261 e. The average molecular weight is 429 g/mol. The molecule has 8 heteroatoms. The fourth-order valence-electron chi connectivity index (χ4n) is 3.53. The van der Waals surface area contributed by atoms with Crippen LogP contribution in [0.2, 0.25) is 0 Å². The molecule has 1 unspecified atom stereocenters. The summed E-state index contributed by atoms with van der Waals surface area (Å²) in [5, 5.41) is 7.60. The van der Waals surface area contributed by atoms with Crippen molar-refractivity contribution in [1.29, 1.82) is 0 Å². The molecule has 2 N–H and O–H groups in total. The number of amides is 3. The van der Waals surface area contributed by atoms with Gasteiger partial charge in [-0.3, -0.25) is 19.3 Å². The molecule has 2 heterocycles. The van der Waals surface area contributed by atoms with Crippen molar-refractivity contribution in [3.8, 4) is 0 Å². The van der Waals surface area contributed by atoms with Gasteiger partial charge >= 0.3 is 0 Å². The number of nitrogens with one attached hydrogen (secondary N) is 2. The first-order valence-corrected chi connectivity index (χ1v) is 10.9. The van der Waals surface area contributed by atoms with E-state index in [2.05, 4.69) is 10.6 Å². The van der Waals surface area contributed by atoms with Crippen LogP contribution in [0.1, 0.15) is 27.7 Å². The van der Waals surface area contributed by atoms with Crippen molar-refractivity contribution in [2.45, 2.75) is 26.8 Å². The molecule has 0 spiro atoms. The first-order valence-electron chi connectivity index (χ1n) is 10.1. The van der Waals surface area contributed by atoms with Gasteiger partial charge in [0.1, 0.15) is 6.04 Å². The number of para-hydroxylation sites is 1. The van der Waals surface area contributed by atoms with E-state index in [0.717, 1.165) is 16.8 Å². The summed E-state index contributed by atoms with van der Waals surface area (Å²) in [4.78, 5) is 41.7. The Kier molecular flexibility index (Phi) is 7.23. The van der Waals surface area contributed by atoms with Gasteiger partial charge in [-0.1, -0.05) is 24.3 Å². The van der Waals surface area contributed by atoms with Gasteiger partial charge in [0.05, 0.1) is 11.4 Å². The molecular weight excluding hydrogens is 400 g/mol. The van der Waals surface area contributed by atoms with Crippen LogP contribution in [-0.2, 0) is 9.59 Å². The Balaban J connectivity index is 1.45. The second-order valence-electron chi connectivity index (χ2n) is 7.59. The lowest BCUT2D eigenvalue weighted by Crippen LogP contribution is -2.55. The van der Waals surface area contributed by atoms with Gasteiger partial charge in [-0.25, -0.2) is 0 Å². The van der Waals surface area contributed by atoms with E-state index in [1.54, 1.807) is 17.9 Å². The number of hydrogen-bond donors (Lipinski definition) is 2. The second kappa shape index (κ2) is 9.86. The maximum Gasteiger partial charge on any atom is 0.261 e. The van der Waals surface area contributed by atoms with Crippen molar-refractivity contribution in [3.05, 3.63) is 51.7 Å². The number of rotatable bonds is 6. The number of carbonyl (C=O) groups excluding carboxylic acids is 3. The highest BCUT2D eigenvalue weighted by Crippen LogP contribution is 2.19. The molecule has 0 saturated carbocycles. The lowest BCUT2D eigenvalue weighted by molar-refractivity contribution is -0.134. The highest BCUT2D eigenvalue weighted by molar-refractivity contribution is 7.12. The summed E-state index contributed by atoms with van der Waals surface area (Å²) in [5.74, 6) is -0.379. The fraction of sp³-hybridized carbons (Fsp3) is 0.409. The number of aryl methyl sites for hydroxylation is 2. The molecule has 1 fully saturated rings. The zero-order chi connectivity index (χ0) is 21.7. The van der Waals surface area contributed by atoms with Gasteiger partial charge < -0.3 is 15.5 Å². The lowest BCUT2D eigenvalue weighted by Gasteiger charge is -2.35. The van der Waals surface area contributed by atoms with Gasteiger partial charge in [0.2, 0.25) is 11.8 Å². The third-order valence-electron chi connectivity index (χ3n) is 5.26. The minimum absolute atomic E-state index is 0.0521. The van der Waals surface area contributed by atoms with Crippen LogP contribution >= 0.6 is 11.3 Å². The molecule has 1 atom stereocenters. The van der Waals surface area contributed by atoms with E-state index in [4.69, 9.17) is 0 Å². The van der Waals surface area contributed by atoms with Crippen molar-refractivity contribution in [1.82, 2.24) is 15.1 Å². The van der Waals surface area contributed by atoms with E-state index < -0.39 is 6.04 Å². The molecule has 30 heavy (non-hydrogen) atoms. The molecule has 1 saturated heterocycles. The van der Waals surface area contributed by atoms with Gasteiger partial charge in [-0.2, -0.15) is 0 Å². The van der Waals surface area contributed by atoms with Gasteiger partial charge in [-0.15, -0.1) is 11.3 Å². The molecule has 2 aromatic rings. The van der Waals surface area contributed by atoms with E-state index in [0.29, 0.717) is 37.6 Å². The highest BCUT2D eigenvalue weighted by atomic mass is 32.1. The molecule has 160 valence electrons. The monoisotopic (exact) mass is 428 g/mol. The summed E-state index contributed by atoms with van der Waals surface area (Å²) in [7, 11) is 0. The Morgan fingerprint density at radius 3 is 2.30 bits per heavy atom. The third-order valence-corrected chi connectivity index (χ3v) is 6.13. The SMILES string of the molecule is Cc1cccc(C)c1NC(=O)CN1CCN(C(=O)C(C)NC(=O)c2cccs2)CC1. The quantitative estimate of drug-likeness (QED) is 0.740. The topological polar surface area (TPSA) is 81.8 Å². The first kappa shape index (κ1) is 22.0. The van der Waals surface area contributed by atoms with Crippen molar-refractivity contribution in [2.24, 2.45) is 0 Å². The molecule has 3 rings (SSSR count). The summed E-state index contributed by atoms with van der Waals surface area (Å²) in [6.07, 6.45) is 0.